The molecule has 1 amide bonds. The molecule has 0 aliphatic rings. The predicted octanol–water partition coefficient (Wildman–Crippen LogP) is 5.00. The normalized spacial score (nSPS) is 11.1. The molecule has 2 aromatic rings. The Labute approximate surface area is 177 Å². The van der Waals surface area contributed by atoms with Gasteiger partial charge in [-0.3, -0.25) is 4.79 Å². The minimum absolute atomic E-state index is 0.0261. The van der Waals surface area contributed by atoms with E-state index in [4.69, 9.17) is 25.8 Å². The molecule has 0 radical (unpaired) electrons. The van der Waals surface area contributed by atoms with Crippen molar-refractivity contribution in [3.8, 4) is 11.5 Å². The SMILES string of the molecule is CCOCc1ccc(CNC(=O)/C=C/c2cc(Cl)c(OC(C)C)c(OC)c2)cc1. The molecule has 156 valence electrons. The van der Waals surface area contributed by atoms with Crippen molar-refractivity contribution in [1.29, 1.82) is 0 Å². The Morgan fingerprint density at radius 2 is 1.86 bits per heavy atom. The number of amides is 1. The van der Waals surface area contributed by atoms with Gasteiger partial charge in [0.05, 0.1) is 24.8 Å². The summed E-state index contributed by atoms with van der Waals surface area (Å²) in [5.74, 6) is 0.831. The van der Waals surface area contributed by atoms with Gasteiger partial charge in [-0.2, -0.15) is 0 Å². The third-order valence-electron chi connectivity index (χ3n) is 4.00. The first-order chi connectivity index (χ1) is 13.9. The van der Waals surface area contributed by atoms with Gasteiger partial charge in [0.25, 0.3) is 0 Å². The Bertz CT molecular complexity index is 832. The minimum atomic E-state index is -0.194. The number of benzene rings is 2. The largest absolute Gasteiger partial charge is 0.493 e. The van der Waals surface area contributed by atoms with Gasteiger partial charge in [-0.15, -0.1) is 0 Å². The number of hydrogen-bond acceptors (Lipinski definition) is 4. The maximum absolute atomic E-state index is 12.1. The summed E-state index contributed by atoms with van der Waals surface area (Å²) in [7, 11) is 1.55. The third kappa shape index (κ3) is 7.44. The number of nitrogens with one attached hydrogen (secondary N) is 1. The van der Waals surface area contributed by atoms with Gasteiger partial charge in [-0.25, -0.2) is 0 Å². The van der Waals surface area contributed by atoms with Crippen molar-refractivity contribution in [1.82, 2.24) is 5.32 Å². The highest BCUT2D eigenvalue weighted by Gasteiger charge is 2.12. The summed E-state index contributed by atoms with van der Waals surface area (Å²) < 4.78 is 16.4. The van der Waals surface area contributed by atoms with Crippen LogP contribution in [0.1, 0.15) is 37.5 Å². The van der Waals surface area contributed by atoms with Crippen molar-refractivity contribution >= 4 is 23.6 Å². The average molecular weight is 418 g/mol. The zero-order valence-corrected chi connectivity index (χ0v) is 18.1. The molecule has 0 saturated carbocycles. The van der Waals surface area contributed by atoms with Crippen LogP contribution in [0.2, 0.25) is 5.02 Å². The smallest absolute Gasteiger partial charge is 0.244 e. The summed E-state index contributed by atoms with van der Waals surface area (Å²) >= 11 is 6.31. The standard InChI is InChI=1S/C23H28ClNO4/c1-5-28-15-18-8-6-17(7-9-18)14-25-22(26)11-10-19-12-20(24)23(29-16(2)3)21(13-19)27-4/h6-13,16H,5,14-15H2,1-4H3,(H,25,26)/b11-10+. The third-order valence-corrected chi connectivity index (χ3v) is 4.28. The molecule has 2 aromatic carbocycles. The quantitative estimate of drug-likeness (QED) is 0.552. The molecule has 5 nitrogen and oxygen atoms in total. The van der Waals surface area contributed by atoms with Gasteiger partial charge in [0.2, 0.25) is 5.91 Å². The molecule has 0 bridgehead atoms. The van der Waals surface area contributed by atoms with E-state index >= 15 is 0 Å². The lowest BCUT2D eigenvalue weighted by Crippen LogP contribution is -2.20. The Hall–Kier alpha value is -2.50. The van der Waals surface area contributed by atoms with Crippen molar-refractivity contribution in [3.63, 3.8) is 0 Å². The average Bonchev–Trinajstić information content (AvgIpc) is 2.71. The summed E-state index contributed by atoms with van der Waals surface area (Å²) in [6.45, 7) is 7.53. The van der Waals surface area contributed by atoms with Crippen molar-refractivity contribution in [2.75, 3.05) is 13.7 Å². The molecule has 0 saturated heterocycles. The molecule has 0 unspecified atom stereocenters. The van der Waals surface area contributed by atoms with E-state index < -0.39 is 0 Å². The lowest BCUT2D eigenvalue weighted by molar-refractivity contribution is -0.116. The van der Waals surface area contributed by atoms with E-state index in [2.05, 4.69) is 5.32 Å². The second-order valence-electron chi connectivity index (χ2n) is 6.71. The van der Waals surface area contributed by atoms with Gasteiger partial charge in [0, 0.05) is 19.2 Å². The Morgan fingerprint density at radius 3 is 2.48 bits per heavy atom. The van der Waals surface area contributed by atoms with Crippen LogP contribution in [0, 0.1) is 0 Å². The molecule has 0 aliphatic heterocycles. The van der Waals surface area contributed by atoms with E-state index in [1.54, 1.807) is 25.3 Å². The maximum Gasteiger partial charge on any atom is 0.244 e. The van der Waals surface area contributed by atoms with Crippen molar-refractivity contribution in [2.24, 2.45) is 0 Å². The molecular formula is C23H28ClNO4. The predicted molar refractivity (Wildman–Crippen MR) is 116 cm³/mol. The lowest BCUT2D eigenvalue weighted by atomic mass is 10.1. The molecule has 0 heterocycles. The van der Waals surface area contributed by atoms with Gasteiger partial charge >= 0.3 is 0 Å². The second-order valence-corrected chi connectivity index (χ2v) is 7.11. The Kier molecular flexibility index (Phi) is 9.03. The van der Waals surface area contributed by atoms with Gasteiger partial charge in [0.15, 0.2) is 11.5 Å². The Morgan fingerprint density at radius 1 is 1.17 bits per heavy atom. The molecule has 0 fully saturated rings. The summed E-state index contributed by atoms with van der Waals surface area (Å²) in [5, 5.41) is 3.30. The van der Waals surface area contributed by atoms with Gasteiger partial charge in [0.1, 0.15) is 0 Å². The fourth-order valence-corrected chi connectivity index (χ4v) is 2.84. The molecule has 0 atom stereocenters. The summed E-state index contributed by atoms with van der Waals surface area (Å²) in [4.78, 5) is 12.1. The highest BCUT2D eigenvalue weighted by molar-refractivity contribution is 6.32. The zero-order valence-electron chi connectivity index (χ0n) is 17.3. The molecule has 0 aliphatic carbocycles. The van der Waals surface area contributed by atoms with Crippen molar-refractivity contribution in [3.05, 3.63) is 64.2 Å². The fraction of sp³-hybridized carbons (Fsp3) is 0.348. The van der Waals surface area contributed by atoms with Gasteiger partial charge in [-0.05, 0) is 55.7 Å². The number of halogens is 1. The molecule has 1 N–H and O–H groups in total. The number of methoxy groups -OCH3 is 1. The molecule has 0 spiro atoms. The Balaban J connectivity index is 1.95. The highest BCUT2D eigenvalue weighted by atomic mass is 35.5. The van der Waals surface area contributed by atoms with Crippen LogP contribution in [0.5, 0.6) is 11.5 Å². The minimum Gasteiger partial charge on any atom is -0.493 e. The van der Waals surface area contributed by atoms with Crippen LogP contribution in [0.3, 0.4) is 0 Å². The first-order valence-electron chi connectivity index (χ1n) is 9.58. The van der Waals surface area contributed by atoms with Crippen LogP contribution in [-0.4, -0.2) is 25.7 Å². The second kappa shape index (κ2) is 11.5. The van der Waals surface area contributed by atoms with Crippen LogP contribution in [0.25, 0.3) is 6.08 Å². The van der Waals surface area contributed by atoms with E-state index in [-0.39, 0.29) is 12.0 Å². The van der Waals surface area contributed by atoms with E-state index in [9.17, 15) is 4.79 Å². The van der Waals surface area contributed by atoms with Gasteiger partial charge in [-0.1, -0.05) is 35.9 Å². The van der Waals surface area contributed by atoms with E-state index in [0.29, 0.717) is 36.3 Å². The van der Waals surface area contributed by atoms with Crippen molar-refractivity contribution < 1.29 is 19.0 Å². The monoisotopic (exact) mass is 417 g/mol. The molecule has 29 heavy (non-hydrogen) atoms. The lowest BCUT2D eigenvalue weighted by Gasteiger charge is -2.15. The number of ether oxygens (including phenoxy) is 3. The maximum atomic E-state index is 12.1. The highest BCUT2D eigenvalue weighted by Crippen LogP contribution is 2.37. The van der Waals surface area contributed by atoms with E-state index in [1.165, 1.54) is 6.08 Å². The number of hydrogen-bond donors (Lipinski definition) is 1. The van der Waals surface area contributed by atoms with E-state index in [0.717, 1.165) is 16.7 Å². The van der Waals surface area contributed by atoms with Crippen LogP contribution in [0.15, 0.2) is 42.5 Å². The number of carbonyl (C=O) groups excluding carboxylic acids is 1. The summed E-state index contributed by atoms with van der Waals surface area (Å²) in [5.41, 5.74) is 2.88. The summed E-state index contributed by atoms with van der Waals surface area (Å²) in [6.07, 6.45) is 3.13. The molecule has 0 aromatic heterocycles. The number of rotatable bonds is 10. The first-order valence-corrected chi connectivity index (χ1v) is 9.96. The van der Waals surface area contributed by atoms with E-state index in [1.807, 2.05) is 45.0 Å². The fourth-order valence-electron chi connectivity index (χ4n) is 2.58. The molecule has 2 rings (SSSR count). The summed E-state index contributed by atoms with van der Waals surface area (Å²) in [6, 6.07) is 11.5. The molecular weight excluding hydrogens is 390 g/mol. The topological polar surface area (TPSA) is 56.8 Å². The van der Waals surface area contributed by atoms with Crippen molar-refractivity contribution in [2.45, 2.75) is 40.0 Å². The molecule has 6 heteroatoms. The van der Waals surface area contributed by atoms with Crippen LogP contribution in [0.4, 0.5) is 0 Å². The van der Waals surface area contributed by atoms with Crippen LogP contribution >= 0.6 is 11.6 Å². The first kappa shape index (κ1) is 22.8. The van der Waals surface area contributed by atoms with Gasteiger partial charge < -0.3 is 19.5 Å². The van der Waals surface area contributed by atoms with Crippen LogP contribution in [-0.2, 0) is 22.7 Å². The number of carbonyl (C=O) groups is 1. The van der Waals surface area contributed by atoms with Crippen LogP contribution < -0.4 is 14.8 Å². The zero-order chi connectivity index (χ0) is 21.2.